The third-order valence-corrected chi connectivity index (χ3v) is 6.43. The minimum absolute atomic E-state index is 0.289. The molecule has 2 aromatic carbocycles. The molecular formula is C19H17Cl. The highest BCUT2D eigenvalue weighted by molar-refractivity contribution is 6.33. The second-order valence-electron chi connectivity index (χ2n) is 6.63. The summed E-state index contributed by atoms with van der Waals surface area (Å²) in [5.74, 6) is 1.65. The summed E-state index contributed by atoms with van der Waals surface area (Å²) in [5.41, 5.74) is 6.09. The molecule has 3 aliphatic carbocycles. The number of fused-ring (bicyclic) bond motifs is 3. The van der Waals surface area contributed by atoms with Gasteiger partial charge in [0.2, 0.25) is 0 Å². The van der Waals surface area contributed by atoms with Gasteiger partial charge in [-0.2, -0.15) is 0 Å². The minimum Gasteiger partial charge on any atom is -0.0837 e. The van der Waals surface area contributed by atoms with Crippen molar-refractivity contribution in [3.05, 3.63) is 58.6 Å². The van der Waals surface area contributed by atoms with E-state index in [1.807, 2.05) is 6.07 Å². The van der Waals surface area contributed by atoms with Crippen LogP contribution in [0, 0.1) is 11.8 Å². The second kappa shape index (κ2) is 3.68. The van der Waals surface area contributed by atoms with Crippen LogP contribution in [-0.4, -0.2) is 0 Å². The van der Waals surface area contributed by atoms with Crippen molar-refractivity contribution in [3.8, 4) is 11.1 Å². The normalized spacial score (nSPS) is 32.6. The van der Waals surface area contributed by atoms with Crippen molar-refractivity contribution < 1.29 is 0 Å². The van der Waals surface area contributed by atoms with Crippen molar-refractivity contribution in [1.82, 2.24) is 0 Å². The van der Waals surface area contributed by atoms with Crippen LogP contribution in [0.5, 0.6) is 0 Å². The maximum Gasteiger partial charge on any atom is 0.0487 e. The fourth-order valence-electron chi connectivity index (χ4n) is 5.57. The van der Waals surface area contributed by atoms with E-state index in [0.29, 0.717) is 0 Å². The van der Waals surface area contributed by atoms with E-state index in [2.05, 4.69) is 36.4 Å². The van der Waals surface area contributed by atoms with E-state index in [-0.39, 0.29) is 5.41 Å². The van der Waals surface area contributed by atoms with Crippen molar-refractivity contribution in [2.24, 2.45) is 11.8 Å². The van der Waals surface area contributed by atoms with Crippen LogP contribution >= 0.6 is 11.6 Å². The molecule has 0 aliphatic heterocycles. The first-order chi connectivity index (χ1) is 9.83. The van der Waals surface area contributed by atoms with Crippen molar-refractivity contribution >= 4 is 11.6 Å². The van der Waals surface area contributed by atoms with Crippen LogP contribution in [0.1, 0.15) is 36.8 Å². The average molecular weight is 281 g/mol. The van der Waals surface area contributed by atoms with Crippen LogP contribution in [0.2, 0.25) is 5.02 Å². The van der Waals surface area contributed by atoms with Crippen LogP contribution in [0.15, 0.2) is 42.5 Å². The maximum absolute atomic E-state index is 6.57. The summed E-state index contributed by atoms with van der Waals surface area (Å²) in [4.78, 5) is 0. The first-order valence-electron chi connectivity index (χ1n) is 7.72. The molecule has 1 spiro atoms. The maximum atomic E-state index is 6.57. The molecule has 0 amide bonds. The van der Waals surface area contributed by atoms with Gasteiger partial charge >= 0.3 is 0 Å². The summed E-state index contributed by atoms with van der Waals surface area (Å²) in [6.45, 7) is 0. The molecule has 100 valence electrons. The molecule has 0 radical (unpaired) electrons. The molecule has 20 heavy (non-hydrogen) atoms. The fourth-order valence-corrected chi connectivity index (χ4v) is 5.84. The summed E-state index contributed by atoms with van der Waals surface area (Å²) in [5, 5.41) is 0.929. The van der Waals surface area contributed by atoms with Gasteiger partial charge in [0.05, 0.1) is 0 Å². The van der Waals surface area contributed by atoms with E-state index in [0.717, 1.165) is 16.9 Å². The number of benzene rings is 2. The SMILES string of the molecule is Clc1cccc2c1-c1ccccc1C21C2CCC1CC2. The van der Waals surface area contributed by atoms with E-state index in [1.165, 1.54) is 42.4 Å². The van der Waals surface area contributed by atoms with Gasteiger partial charge in [-0.05, 0) is 60.3 Å². The Hall–Kier alpha value is -1.27. The van der Waals surface area contributed by atoms with E-state index < -0.39 is 0 Å². The highest BCUT2D eigenvalue weighted by Gasteiger charge is 2.59. The topological polar surface area (TPSA) is 0 Å². The molecule has 2 fully saturated rings. The third-order valence-electron chi connectivity index (χ3n) is 6.12. The molecule has 0 saturated heterocycles. The summed E-state index contributed by atoms with van der Waals surface area (Å²) in [6.07, 6.45) is 5.58. The summed E-state index contributed by atoms with van der Waals surface area (Å²) < 4.78 is 0. The van der Waals surface area contributed by atoms with Gasteiger partial charge in [-0.25, -0.2) is 0 Å². The third kappa shape index (κ3) is 1.09. The number of hydrogen-bond acceptors (Lipinski definition) is 0. The first-order valence-corrected chi connectivity index (χ1v) is 8.10. The lowest BCUT2D eigenvalue weighted by molar-refractivity contribution is 0.400. The van der Waals surface area contributed by atoms with E-state index in [1.54, 1.807) is 5.56 Å². The predicted molar refractivity (Wildman–Crippen MR) is 83.1 cm³/mol. The number of halogens is 1. The molecule has 0 aromatic heterocycles. The van der Waals surface area contributed by atoms with E-state index >= 15 is 0 Å². The van der Waals surface area contributed by atoms with Crippen LogP contribution in [0.4, 0.5) is 0 Å². The quantitative estimate of drug-likeness (QED) is 0.604. The Bertz CT molecular complexity index is 695. The van der Waals surface area contributed by atoms with Crippen LogP contribution < -0.4 is 0 Å². The Kier molecular flexibility index (Phi) is 2.10. The molecule has 2 saturated carbocycles. The molecule has 3 aliphatic rings. The number of rotatable bonds is 0. The predicted octanol–water partition coefficient (Wildman–Crippen LogP) is 5.43. The zero-order valence-electron chi connectivity index (χ0n) is 11.4. The molecule has 1 heteroatoms. The Labute approximate surface area is 124 Å². The Morgan fingerprint density at radius 1 is 0.800 bits per heavy atom. The van der Waals surface area contributed by atoms with Crippen molar-refractivity contribution in [2.45, 2.75) is 31.1 Å². The standard InChI is InChI=1S/C19H17Cl/c20-17-7-3-6-16-18(17)14-4-1-2-5-15(14)19(16)12-8-9-13(19)11-10-12/h1-7,12-13H,8-11H2. The van der Waals surface area contributed by atoms with E-state index in [9.17, 15) is 0 Å². The van der Waals surface area contributed by atoms with Gasteiger partial charge in [0, 0.05) is 16.0 Å². The van der Waals surface area contributed by atoms with Gasteiger partial charge in [-0.15, -0.1) is 0 Å². The largest absolute Gasteiger partial charge is 0.0837 e. The average Bonchev–Trinajstić information content (AvgIpc) is 3.12. The highest BCUT2D eigenvalue weighted by Crippen LogP contribution is 2.68. The zero-order valence-corrected chi connectivity index (χ0v) is 12.2. The first kappa shape index (κ1) is 11.4. The molecule has 2 aromatic rings. The molecule has 0 N–H and O–H groups in total. The van der Waals surface area contributed by atoms with Gasteiger partial charge in [-0.1, -0.05) is 48.0 Å². The molecule has 0 heterocycles. The lowest BCUT2D eigenvalue weighted by atomic mass is 9.70. The Morgan fingerprint density at radius 2 is 1.45 bits per heavy atom. The second-order valence-corrected chi connectivity index (χ2v) is 7.03. The van der Waals surface area contributed by atoms with Gasteiger partial charge in [-0.3, -0.25) is 0 Å². The molecular weight excluding hydrogens is 264 g/mol. The Morgan fingerprint density at radius 3 is 2.20 bits per heavy atom. The van der Waals surface area contributed by atoms with Gasteiger partial charge in [0.25, 0.3) is 0 Å². The summed E-state index contributed by atoms with van der Waals surface area (Å²) in [6, 6.07) is 15.5. The van der Waals surface area contributed by atoms with E-state index in [4.69, 9.17) is 11.6 Å². The lowest BCUT2D eigenvalue weighted by Gasteiger charge is -2.32. The van der Waals surface area contributed by atoms with Crippen LogP contribution in [0.3, 0.4) is 0 Å². The molecule has 0 nitrogen and oxygen atoms in total. The van der Waals surface area contributed by atoms with Crippen molar-refractivity contribution in [2.75, 3.05) is 0 Å². The summed E-state index contributed by atoms with van der Waals surface area (Å²) >= 11 is 6.57. The minimum atomic E-state index is 0.289. The van der Waals surface area contributed by atoms with Crippen molar-refractivity contribution in [1.29, 1.82) is 0 Å². The van der Waals surface area contributed by atoms with Gasteiger partial charge in [0.1, 0.15) is 0 Å². The molecule has 5 rings (SSSR count). The molecule has 2 bridgehead atoms. The molecule has 0 atom stereocenters. The van der Waals surface area contributed by atoms with Crippen LogP contribution in [0.25, 0.3) is 11.1 Å². The highest BCUT2D eigenvalue weighted by atomic mass is 35.5. The zero-order chi connectivity index (χ0) is 13.3. The molecule has 0 unspecified atom stereocenters. The fraction of sp³-hybridized carbons (Fsp3) is 0.368. The van der Waals surface area contributed by atoms with Crippen molar-refractivity contribution in [3.63, 3.8) is 0 Å². The number of hydrogen-bond donors (Lipinski definition) is 0. The lowest BCUT2D eigenvalue weighted by Crippen LogP contribution is -2.30. The van der Waals surface area contributed by atoms with Crippen LogP contribution in [-0.2, 0) is 5.41 Å². The Balaban J connectivity index is 1.94. The van der Waals surface area contributed by atoms with Gasteiger partial charge < -0.3 is 0 Å². The smallest absolute Gasteiger partial charge is 0.0487 e. The summed E-state index contributed by atoms with van der Waals surface area (Å²) in [7, 11) is 0. The van der Waals surface area contributed by atoms with Gasteiger partial charge in [0.15, 0.2) is 0 Å². The monoisotopic (exact) mass is 280 g/mol.